The van der Waals surface area contributed by atoms with E-state index in [1.54, 1.807) is 12.1 Å². The lowest BCUT2D eigenvalue weighted by Crippen LogP contribution is -2.23. The Balaban J connectivity index is 2.06. The van der Waals surface area contributed by atoms with E-state index in [4.69, 9.17) is 4.74 Å². The third-order valence-corrected chi connectivity index (χ3v) is 3.41. The minimum absolute atomic E-state index is 0.154. The van der Waals surface area contributed by atoms with Crippen LogP contribution in [0, 0.1) is 0 Å². The first kappa shape index (κ1) is 17.6. The molecule has 0 aliphatic heterocycles. The maximum Gasteiger partial charge on any atom is 0.172 e. The fourth-order valence-electron chi connectivity index (χ4n) is 2.07. The molecule has 0 saturated heterocycles. The molecule has 0 bridgehead atoms. The van der Waals surface area contributed by atoms with Crippen LogP contribution in [0.2, 0.25) is 0 Å². The number of hydrogen-bond donors (Lipinski definition) is 2. The molecule has 2 rings (SSSR count). The molecule has 0 aliphatic carbocycles. The van der Waals surface area contributed by atoms with Crippen LogP contribution in [0.25, 0.3) is 0 Å². The number of benzene rings is 1. The number of hydrogen-bond acceptors (Lipinski definition) is 5. The second-order valence-corrected chi connectivity index (χ2v) is 5.18. The maximum atomic E-state index is 11.0. The van der Waals surface area contributed by atoms with Crippen molar-refractivity contribution in [1.29, 1.82) is 0 Å². The van der Waals surface area contributed by atoms with E-state index in [2.05, 4.69) is 16.9 Å². The summed E-state index contributed by atoms with van der Waals surface area (Å²) in [6.07, 6.45) is 4.34. The van der Waals surface area contributed by atoms with Gasteiger partial charge in [-0.3, -0.25) is 25.5 Å². The molecule has 6 nitrogen and oxygen atoms in total. The second kappa shape index (κ2) is 9.42. The third kappa shape index (κ3) is 4.89. The Morgan fingerprint density at radius 2 is 2.12 bits per heavy atom. The monoisotopic (exact) mass is 327 g/mol. The fourth-order valence-corrected chi connectivity index (χ4v) is 2.07. The second-order valence-electron chi connectivity index (χ2n) is 5.18. The van der Waals surface area contributed by atoms with Crippen LogP contribution in [0.15, 0.2) is 47.6 Å². The van der Waals surface area contributed by atoms with Crippen LogP contribution in [-0.2, 0) is 6.54 Å². The Morgan fingerprint density at radius 1 is 1.33 bits per heavy atom. The van der Waals surface area contributed by atoms with Gasteiger partial charge in [0.1, 0.15) is 11.4 Å². The number of amidine groups is 1. The number of aliphatic imine (C=N–C) groups is 1. The zero-order chi connectivity index (χ0) is 17.2. The largest absolute Gasteiger partial charge is 0.494 e. The van der Waals surface area contributed by atoms with Gasteiger partial charge < -0.3 is 4.74 Å². The number of unbranched alkanes of at least 4 members (excludes halogenated alkanes) is 1. The van der Waals surface area contributed by atoms with Gasteiger partial charge in [-0.05, 0) is 36.2 Å². The van der Waals surface area contributed by atoms with E-state index in [1.807, 2.05) is 29.7 Å². The smallest absolute Gasteiger partial charge is 0.172 e. The average molecular weight is 327 g/mol. The van der Waals surface area contributed by atoms with E-state index >= 15 is 0 Å². The van der Waals surface area contributed by atoms with Crippen LogP contribution in [0.5, 0.6) is 5.75 Å². The van der Waals surface area contributed by atoms with E-state index < -0.39 is 0 Å². The number of nitrogens with one attached hydrogen (secondary N) is 1. The van der Waals surface area contributed by atoms with Gasteiger partial charge in [0.2, 0.25) is 0 Å². The normalized spacial score (nSPS) is 11.2. The van der Waals surface area contributed by atoms with Gasteiger partial charge in [-0.2, -0.15) is 0 Å². The highest BCUT2D eigenvalue weighted by molar-refractivity contribution is 6.02. The van der Waals surface area contributed by atoms with Crippen molar-refractivity contribution in [3.63, 3.8) is 0 Å². The van der Waals surface area contributed by atoms with Crippen molar-refractivity contribution in [1.82, 2.24) is 10.5 Å². The van der Waals surface area contributed by atoms with Gasteiger partial charge in [0.15, 0.2) is 12.1 Å². The highest BCUT2D eigenvalue weighted by atomic mass is 16.5. The molecule has 1 heterocycles. The maximum absolute atomic E-state index is 11.0. The highest BCUT2D eigenvalue weighted by Crippen LogP contribution is 2.14. The topological polar surface area (TPSA) is 83.8 Å². The Hall–Kier alpha value is -2.73. The van der Waals surface area contributed by atoms with Gasteiger partial charge in [0, 0.05) is 11.8 Å². The van der Waals surface area contributed by atoms with Crippen LogP contribution >= 0.6 is 0 Å². The van der Waals surface area contributed by atoms with Crippen molar-refractivity contribution in [2.45, 2.75) is 26.3 Å². The molecule has 0 fully saturated rings. The Labute approximate surface area is 141 Å². The van der Waals surface area contributed by atoms with Crippen LogP contribution in [-0.4, -0.2) is 28.9 Å². The van der Waals surface area contributed by atoms with Crippen LogP contribution < -0.4 is 10.2 Å². The lowest BCUT2D eigenvalue weighted by Gasteiger charge is -2.08. The fraction of sp³-hybridized carbons (Fsp3) is 0.278. The number of pyridine rings is 1. The minimum atomic E-state index is 0.154. The van der Waals surface area contributed by atoms with E-state index in [0.29, 0.717) is 30.7 Å². The standard InChI is InChI=1S/C18H21N3O3/c1-2-3-11-24-16-8-6-14(7-9-16)12-20-18(21-23)17-15(13-22)5-4-10-19-17/h4-10,13,23H,2-3,11-12H2,1H3,(H,20,21). The predicted octanol–water partition coefficient (Wildman–Crippen LogP) is 3.00. The van der Waals surface area contributed by atoms with Crippen LogP contribution in [0.4, 0.5) is 0 Å². The van der Waals surface area contributed by atoms with Crippen molar-refractivity contribution in [3.05, 3.63) is 59.4 Å². The number of aldehydes is 1. The van der Waals surface area contributed by atoms with E-state index in [9.17, 15) is 10.0 Å². The van der Waals surface area contributed by atoms with Gasteiger partial charge in [-0.25, -0.2) is 0 Å². The number of ether oxygens (including phenoxy) is 1. The Morgan fingerprint density at radius 3 is 2.79 bits per heavy atom. The van der Waals surface area contributed by atoms with Gasteiger partial charge in [0.05, 0.1) is 13.2 Å². The predicted molar refractivity (Wildman–Crippen MR) is 91.6 cm³/mol. The van der Waals surface area contributed by atoms with Gasteiger partial charge in [-0.15, -0.1) is 0 Å². The number of nitrogens with zero attached hydrogens (tertiary/aromatic N) is 2. The number of rotatable bonds is 8. The van der Waals surface area contributed by atoms with Gasteiger partial charge in [0.25, 0.3) is 0 Å². The lowest BCUT2D eigenvalue weighted by atomic mass is 10.2. The first-order valence-electron chi connectivity index (χ1n) is 7.85. The molecule has 126 valence electrons. The molecule has 24 heavy (non-hydrogen) atoms. The van der Waals surface area contributed by atoms with E-state index in [0.717, 1.165) is 24.2 Å². The summed E-state index contributed by atoms with van der Waals surface area (Å²) in [4.78, 5) is 19.4. The molecule has 1 aromatic carbocycles. The van der Waals surface area contributed by atoms with E-state index in [1.165, 1.54) is 6.20 Å². The Kier molecular flexibility index (Phi) is 6.91. The molecule has 0 unspecified atom stereocenters. The third-order valence-electron chi connectivity index (χ3n) is 3.41. The molecule has 0 aliphatic rings. The van der Waals surface area contributed by atoms with Crippen molar-refractivity contribution in [2.75, 3.05) is 6.61 Å². The lowest BCUT2D eigenvalue weighted by molar-refractivity contribution is 0.112. The zero-order valence-electron chi connectivity index (χ0n) is 13.6. The SMILES string of the molecule is CCCCOc1ccc(CN=C(NO)c2ncccc2C=O)cc1. The van der Waals surface area contributed by atoms with Crippen LogP contribution in [0.3, 0.4) is 0 Å². The summed E-state index contributed by atoms with van der Waals surface area (Å²) >= 11 is 0. The number of hydroxylamine groups is 1. The minimum Gasteiger partial charge on any atom is -0.494 e. The van der Waals surface area contributed by atoms with Crippen LogP contribution in [0.1, 0.15) is 41.4 Å². The molecule has 0 amide bonds. The molecule has 1 aromatic heterocycles. The van der Waals surface area contributed by atoms with Crippen molar-refractivity contribution >= 4 is 12.1 Å². The van der Waals surface area contributed by atoms with Crippen molar-refractivity contribution in [2.24, 2.45) is 4.99 Å². The van der Waals surface area contributed by atoms with Crippen molar-refractivity contribution in [3.8, 4) is 5.75 Å². The quantitative estimate of drug-likeness (QED) is 0.256. The molecule has 0 saturated carbocycles. The average Bonchev–Trinajstić information content (AvgIpc) is 2.64. The summed E-state index contributed by atoms with van der Waals surface area (Å²) in [5.74, 6) is 0.977. The number of carbonyl (C=O) groups is 1. The molecule has 0 radical (unpaired) electrons. The van der Waals surface area contributed by atoms with E-state index in [-0.39, 0.29) is 5.84 Å². The molecule has 2 aromatic rings. The van der Waals surface area contributed by atoms with Gasteiger partial charge in [-0.1, -0.05) is 25.5 Å². The molecule has 2 N–H and O–H groups in total. The molecule has 6 heteroatoms. The summed E-state index contributed by atoms with van der Waals surface area (Å²) in [5.41, 5.74) is 3.64. The summed E-state index contributed by atoms with van der Waals surface area (Å²) in [7, 11) is 0. The summed E-state index contributed by atoms with van der Waals surface area (Å²) < 4.78 is 5.61. The Bertz CT molecular complexity index is 684. The molecular formula is C18H21N3O3. The highest BCUT2D eigenvalue weighted by Gasteiger charge is 2.09. The first-order valence-corrected chi connectivity index (χ1v) is 7.85. The summed E-state index contributed by atoms with van der Waals surface area (Å²) in [6, 6.07) is 10.9. The number of aromatic nitrogens is 1. The van der Waals surface area contributed by atoms with Crippen molar-refractivity contribution < 1.29 is 14.7 Å². The number of carbonyl (C=O) groups excluding carboxylic acids is 1. The molecule has 0 atom stereocenters. The zero-order valence-corrected chi connectivity index (χ0v) is 13.6. The first-order chi connectivity index (χ1) is 11.8. The van der Waals surface area contributed by atoms with Gasteiger partial charge >= 0.3 is 0 Å². The summed E-state index contributed by atoms with van der Waals surface area (Å²) in [5, 5.41) is 9.29. The molecular weight excluding hydrogens is 306 g/mol. The molecule has 0 spiro atoms. The summed E-state index contributed by atoms with van der Waals surface area (Å²) in [6.45, 7) is 3.17.